The summed E-state index contributed by atoms with van der Waals surface area (Å²) in [5.74, 6) is 1.52. The summed E-state index contributed by atoms with van der Waals surface area (Å²) in [7, 11) is 0. The molecule has 0 amide bonds. The first-order valence-corrected chi connectivity index (χ1v) is 7.13. The molecule has 2 aromatic rings. The van der Waals surface area contributed by atoms with Crippen molar-refractivity contribution < 1.29 is 9.47 Å². The maximum atomic E-state index is 5.38. The van der Waals surface area contributed by atoms with E-state index in [1.807, 2.05) is 24.4 Å². The summed E-state index contributed by atoms with van der Waals surface area (Å²) in [5.41, 5.74) is 4.35. The maximum Gasteiger partial charge on any atom is 0.231 e. The monoisotopic (exact) mass is 331 g/mol. The van der Waals surface area contributed by atoms with Crippen molar-refractivity contribution >= 4 is 27.8 Å². The fraction of sp³-hybridized carbons (Fsp3) is 0.188. The third kappa shape index (κ3) is 2.56. The van der Waals surface area contributed by atoms with Crippen molar-refractivity contribution in [1.29, 1.82) is 0 Å². The minimum Gasteiger partial charge on any atom is -0.454 e. The molecule has 0 unspecified atom stereocenters. The fourth-order valence-corrected chi connectivity index (χ4v) is 2.55. The lowest BCUT2D eigenvalue weighted by Gasteiger charge is -2.03. The lowest BCUT2D eigenvalue weighted by atomic mass is 10.1. The highest BCUT2D eigenvalue weighted by Crippen LogP contribution is 2.36. The van der Waals surface area contributed by atoms with Gasteiger partial charge in [0.25, 0.3) is 0 Å². The van der Waals surface area contributed by atoms with Gasteiger partial charge in [0, 0.05) is 16.3 Å². The molecule has 3 nitrogen and oxygen atoms in total. The van der Waals surface area contributed by atoms with E-state index in [2.05, 4.69) is 46.9 Å². The summed E-state index contributed by atoms with van der Waals surface area (Å²) in [6, 6.07) is 10.1. The number of rotatable bonds is 2. The van der Waals surface area contributed by atoms with E-state index >= 15 is 0 Å². The molecule has 0 N–H and O–H groups in total. The molecule has 102 valence electrons. The molecule has 0 bridgehead atoms. The van der Waals surface area contributed by atoms with Gasteiger partial charge in [-0.3, -0.25) is 4.99 Å². The number of halogens is 1. The van der Waals surface area contributed by atoms with Crippen LogP contribution in [0, 0.1) is 13.8 Å². The highest BCUT2D eigenvalue weighted by Gasteiger charge is 2.15. The molecule has 1 aliphatic rings. The number of aryl methyl sites for hydroxylation is 2. The summed E-state index contributed by atoms with van der Waals surface area (Å²) in [6.45, 7) is 4.42. The van der Waals surface area contributed by atoms with Crippen LogP contribution in [-0.4, -0.2) is 13.0 Å². The Balaban J connectivity index is 1.93. The summed E-state index contributed by atoms with van der Waals surface area (Å²) >= 11 is 3.53. The molecular formula is C16H14BrNO2. The van der Waals surface area contributed by atoms with Gasteiger partial charge in [-0.25, -0.2) is 0 Å². The second kappa shape index (κ2) is 5.29. The van der Waals surface area contributed by atoms with Crippen LogP contribution in [0.4, 0.5) is 5.69 Å². The Morgan fingerprint density at radius 2 is 1.85 bits per heavy atom. The van der Waals surface area contributed by atoms with Gasteiger partial charge in [-0.05, 0) is 53.5 Å². The number of nitrogens with zero attached hydrogens (tertiary/aromatic N) is 1. The van der Waals surface area contributed by atoms with Gasteiger partial charge in [-0.2, -0.15) is 0 Å². The lowest BCUT2D eigenvalue weighted by Crippen LogP contribution is -1.92. The summed E-state index contributed by atoms with van der Waals surface area (Å²) in [6.07, 6.45) is 1.84. The second-order valence-electron chi connectivity index (χ2n) is 4.78. The van der Waals surface area contributed by atoms with Crippen molar-refractivity contribution in [2.75, 3.05) is 6.79 Å². The Kier molecular flexibility index (Phi) is 3.49. The van der Waals surface area contributed by atoms with E-state index in [1.54, 1.807) is 0 Å². The van der Waals surface area contributed by atoms with Crippen LogP contribution in [0.15, 0.2) is 39.8 Å². The normalized spacial score (nSPS) is 13.2. The van der Waals surface area contributed by atoms with Crippen molar-refractivity contribution in [2.45, 2.75) is 13.8 Å². The first-order chi connectivity index (χ1) is 9.63. The molecule has 2 aromatic carbocycles. The van der Waals surface area contributed by atoms with E-state index in [0.29, 0.717) is 0 Å². The van der Waals surface area contributed by atoms with Crippen LogP contribution < -0.4 is 9.47 Å². The van der Waals surface area contributed by atoms with E-state index in [1.165, 1.54) is 5.56 Å². The van der Waals surface area contributed by atoms with Crippen LogP contribution in [0.25, 0.3) is 0 Å². The number of fused-ring (bicyclic) bond motifs is 1. The molecule has 0 fully saturated rings. The van der Waals surface area contributed by atoms with Crippen molar-refractivity contribution in [3.63, 3.8) is 0 Å². The average molecular weight is 332 g/mol. The summed E-state index contributed by atoms with van der Waals surface area (Å²) in [4.78, 5) is 4.55. The van der Waals surface area contributed by atoms with Crippen molar-refractivity contribution in [3.05, 3.63) is 51.5 Å². The van der Waals surface area contributed by atoms with Crippen LogP contribution in [0.1, 0.15) is 16.7 Å². The van der Waals surface area contributed by atoms with E-state index in [-0.39, 0.29) is 6.79 Å². The Labute approximate surface area is 126 Å². The molecule has 20 heavy (non-hydrogen) atoms. The van der Waals surface area contributed by atoms with E-state index in [4.69, 9.17) is 9.47 Å². The standard InChI is InChI=1S/C16H14BrNO2/c1-10-3-4-14(11(2)5-10)18-8-12-6-15-16(7-13(12)17)20-9-19-15/h3-8H,9H2,1-2H3. The summed E-state index contributed by atoms with van der Waals surface area (Å²) < 4.78 is 11.7. The largest absolute Gasteiger partial charge is 0.454 e. The van der Waals surface area contributed by atoms with Crippen molar-refractivity contribution in [1.82, 2.24) is 0 Å². The third-order valence-electron chi connectivity index (χ3n) is 3.19. The zero-order valence-electron chi connectivity index (χ0n) is 11.3. The minimum atomic E-state index is 0.277. The van der Waals surface area contributed by atoms with Gasteiger partial charge in [0.1, 0.15) is 0 Å². The fourth-order valence-electron chi connectivity index (χ4n) is 2.12. The molecule has 0 atom stereocenters. The van der Waals surface area contributed by atoms with Gasteiger partial charge in [0.2, 0.25) is 6.79 Å². The predicted molar refractivity (Wildman–Crippen MR) is 83.4 cm³/mol. The number of hydrogen-bond acceptors (Lipinski definition) is 3. The molecule has 1 aliphatic heterocycles. The van der Waals surface area contributed by atoms with E-state index in [0.717, 1.165) is 32.8 Å². The molecule has 3 rings (SSSR count). The molecule has 0 aromatic heterocycles. The van der Waals surface area contributed by atoms with E-state index in [9.17, 15) is 0 Å². The second-order valence-corrected chi connectivity index (χ2v) is 5.63. The van der Waals surface area contributed by atoms with Crippen molar-refractivity contribution in [3.8, 4) is 11.5 Å². The molecule has 0 spiro atoms. The van der Waals surface area contributed by atoms with Crippen LogP contribution in [0.3, 0.4) is 0 Å². The first kappa shape index (κ1) is 13.2. The Morgan fingerprint density at radius 3 is 2.60 bits per heavy atom. The van der Waals surface area contributed by atoms with Crippen LogP contribution in [-0.2, 0) is 0 Å². The minimum absolute atomic E-state index is 0.277. The predicted octanol–water partition coefficient (Wildman–Crippen LogP) is 4.55. The van der Waals surface area contributed by atoms with Gasteiger partial charge in [-0.1, -0.05) is 17.7 Å². The number of hydrogen-bond donors (Lipinski definition) is 0. The SMILES string of the molecule is Cc1ccc(N=Cc2cc3c(cc2Br)OCO3)c(C)c1. The van der Waals surface area contributed by atoms with E-state index < -0.39 is 0 Å². The molecule has 0 aliphatic carbocycles. The number of benzene rings is 2. The zero-order valence-corrected chi connectivity index (χ0v) is 12.9. The van der Waals surface area contributed by atoms with Gasteiger partial charge in [0.05, 0.1) is 5.69 Å². The average Bonchev–Trinajstić information content (AvgIpc) is 2.84. The van der Waals surface area contributed by atoms with Gasteiger partial charge < -0.3 is 9.47 Å². The molecular weight excluding hydrogens is 318 g/mol. The molecule has 0 saturated carbocycles. The lowest BCUT2D eigenvalue weighted by molar-refractivity contribution is 0.174. The first-order valence-electron chi connectivity index (χ1n) is 6.34. The number of aliphatic imine (C=N–C) groups is 1. The van der Waals surface area contributed by atoms with Gasteiger partial charge >= 0.3 is 0 Å². The molecule has 4 heteroatoms. The Hall–Kier alpha value is -1.81. The van der Waals surface area contributed by atoms with Crippen molar-refractivity contribution in [2.24, 2.45) is 4.99 Å². The number of ether oxygens (including phenoxy) is 2. The van der Waals surface area contributed by atoms with Crippen LogP contribution in [0.2, 0.25) is 0 Å². The summed E-state index contributed by atoms with van der Waals surface area (Å²) in [5, 5.41) is 0. The van der Waals surface area contributed by atoms with Crippen LogP contribution >= 0.6 is 15.9 Å². The maximum absolute atomic E-state index is 5.38. The Morgan fingerprint density at radius 1 is 1.10 bits per heavy atom. The van der Waals surface area contributed by atoms with Crippen LogP contribution in [0.5, 0.6) is 11.5 Å². The molecule has 0 radical (unpaired) electrons. The Bertz CT molecular complexity index is 695. The smallest absolute Gasteiger partial charge is 0.231 e. The molecule has 0 saturated heterocycles. The third-order valence-corrected chi connectivity index (χ3v) is 3.87. The quantitative estimate of drug-likeness (QED) is 0.756. The van der Waals surface area contributed by atoms with Gasteiger partial charge in [0.15, 0.2) is 11.5 Å². The molecule has 1 heterocycles. The topological polar surface area (TPSA) is 30.8 Å². The highest BCUT2D eigenvalue weighted by molar-refractivity contribution is 9.10. The highest BCUT2D eigenvalue weighted by atomic mass is 79.9. The van der Waals surface area contributed by atoms with Gasteiger partial charge in [-0.15, -0.1) is 0 Å². The zero-order chi connectivity index (χ0) is 14.1.